The van der Waals surface area contributed by atoms with Crippen molar-refractivity contribution in [1.82, 2.24) is 0 Å². The van der Waals surface area contributed by atoms with Crippen LogP contribution in [0.2, 0.25) is 0 Å². The SMILES string of the molecule is C=C1CCC23COC(=O)C2=CCCC3C12CC(c1ccoc1)OC2=O. The molecule has 0 N–H and O–H groups in total. The Kier molecular flexibility index (Phi) is 2.92. The third kappa shape index (κ3) is 1.73. The van der Waals surface area contributed by atoms with E-state index in [9.17, 15) is 9.59 Å². The first-order valence-corrected chi connectivity index (χ1v) is 8.87. The maximum atomic E-state index is 13.1. The molecule has 0 bridgehead atoms. The second-order valence-electron chi connectivity index (χ2n) is 7.71. The number of carbonyl (C=O) groups is 2. The lowest BCUT2D eigenvalue weighted by Gasteiger charge is -2.52. The minimum Gasteiger partial charge on any atom is -0.472 e. The van der Waals surface area contributed by atoms with Gasteiger partial charge in [-0.05, 0) is 37.7 Å². The number of rotatable bonds is 1. The first-order valence-electron chi connectivity index (χ1n) is 8.87. The van der Waals surface area contributed by atoms with Crippen LogP contribution < -0.4 is 0 Å². The van der Waals surface area contributed by atoms with E-state index in [1.165, 1.54) is 0 Å². The highest BCUT2D eigenvalue weighted by molar-refractivity contribution is 5.94. The third-order valence-corrected chi connectivity index (χ3v) is 6.82. The van der Waals surface area contributed by atoms with Crippen LogP contribution in [0.1, 0.15) is 43.8 Å². The number of esters is 2. The molecule has 0 aromatic carbocycles. The van der Waals surface area contributed by atoms with E-state index in [1.807, 2.05) is 12.1 Å². The van der Waals surface area contributed by atoms with Crippen LogP contribution in [0.3, 0.4) is 0 Å². The van der Waals surface area contributed by atoms with Gasteiger partial charge in [0.15, 0.2) is 0 Å². The smallest absolute Gasteiger partial charge is 0.334 e. The average Bonchev–Trinajstić information content (AvgIpc) is 3.31. The average molecular weight is 340 g/mol. The van der Waals surface area contributed by atoms with Crippen molar-refractivity contribution >= 4 is 11.9 Å². The van der Waals surface area contributed by atoms with E-state index in [0.29, 0.717) is 13.0 Å². The lowest BCUT2D eigenvalue weighted by molar-refractivity contribution is -0.153. The van der Waals surface area contributed by atoms with E-state index in [2.05, 4.69) is 6.58 Å². The zero-order chi connectivity index (χ0) is 17.2. The molecule has 5 nitrogen and oxygen atoms in total. The standard InChI is InChI=1S/C20H20O5/c1-12-5-7-19-11-24-17(21)14(19)3-2-4-16(19)20(12)9-15(25-18(20)22)13-6-8-23-10-13/h3,6,8,10,15-16H,1-2,4-5,7,9,11H2. The van der Waals surface area contributed by atoms with Crippen LogP contribution in [0, 0.1) is 16.7 Å². The molecule has 2 spiro atoms. The molecule has 0 amide bonds. The van der Waals surface area contributed by atoms with Crippen LogP contribution in [0.4, 0.5) is 0 Å². The van der Waals surface area contributed by atoms with Crippen molar-refractivity contribution in [3.63, 3.8) is 0 Å². The Morgan fingerprint density at radius 2 is 2.16 bits per heavy atom. The van der Waals surface area contributed by atoms with Crippen molar-refractivity contribution < 1.29 is 23.5 Å². The summed E-state index contributed by atoms with van der Waals surface area (Å²) in [4.78, 5) is 25.4. The van der Waals surface area contributed by atoms with Gasteiger partial charge in [0.25, 0.3) is 0 Å². The molecule has 1 saturated carbocycles. The van der Waals surface area contributed by atoms with Crippen LogP contribution in [0.5, 0.6) is 0 Å². The fourth-order valence-corrected chi connectivity index (χ4v) is 5.61. The third-order valence-electron chi connectivity index (χ3n) is 6.82. The molecule has 2 aliphatic heterocycles. The number of hydrogen-bond donors (Lipinski definition) is 0. The molecule has 1 aromatic rings. The minimum atomic E-state index is -0.728. The van der Waals surface area contributed by atoms with E-state index in [0.717, 1.165) is 42.4 Å². The van der Waals surface area contributed by atoms with Crippen LogP contribution >= 0.6 is 0 Å². The summed E-state index contributed by atoms with van der Waals surface area (Å²) < 4.78 is 16.4. The van der Waals surface area contributed by atoms with Gasteiger partial charge in [0.1, 0.15) is 12.7 Å². The molecule has 130 valence electrons. The molecule has 3 fully saturated rings. The molecular weight excluding hydrogens is 320 g/mol. The quantitative estimate of drug-likeness (QED) is 0.578. The maximum Gasteiger partial charge on any atom is 0.334 e. The Morgan fingerprint density at radius 1 is 1.28 bits per heavy atom. The van der Waals surface area contributed by atoms with Gasteiger partial charge >= 0.3 is 11.9 Å². The van der Waals surface area contributed by atoms with Gasteiger partial charge in [0, 0.05) is 23.0 Å². The Labute approximate surface area is 145 Å². The predicted octanol–water partition coefficient (Wildman–Crippen LogP) is 3.48. The van der Waals surface area contributed by atoms with Gasteiger partial charge in [-0.25, -0.2) is 4.79 Å². The number of hydrogen-bond acceptors (Lipinski definition) is 5. The summed E-state index contributed by atoms with van der Waals surface area (Å²) in [5, 5.41) is 0. The fraction of sp³-hybridized carbons (Fsp3) is 0.500. The summed E-state index contributed by atoms with van der Waals surface area (Å²) in [5.74, 6) is -0.407. The lowest BCUT2D eigenvalue weighted by atomic mass is 9.48. The topological polar surface area (TPSA) is 65.7 Å². The normalized spacial score (nSPS) is 39.7. The second-order valence-corrected chi connectivity index (χ2v) is 7.71. The van der Waals surface area contributed by atoms with E-state index in [4.69, 9.17) is 13.9 Å². The van der Waals surface area contributed by atoms with Gasteiger partial charge in [0.05, 0.1) is 17.9 Å². The Bertz CT molecular complexity index is 804. The van der Waals surface area contributed by atoms with Gasteiger partial charge in [-0.15, -0.1) is 0 Å². The summed E-state index contributed by atoms with van der Waals surface area (Å²) in [5.41, 5.74) is 1.51. The lowest BCUT2D eigenvalue weighted by Crippen LogP contribution is -2.52. The molecule has 4 unspecified atom stereocenters. The van der Waals surface area contributed by atoms with Gasteiger partial charge in [-0.1, -0.05) is 18.2 Å². The van der Waals surface area contributed by atoms with Crippen molar-refractivity contribution in [2.75, 3.05) is 6.61 Å². The van der Waals surface area contributed by atoms with Crippen LogP contribution in [0.25, 0.3) is 0 Å². The van der Waals surface area contributed by atoms with E-state index in [1.54, 1.807) is 12.5 Å². The molecule has 25 heavy (non-hydrogen) atoms. The molecular formula is C20H20O5. The molecule has 4 aliphatic rings. The first-order chi connectivity index (χ1) is 12.1. The molecule has 5 heteroatoms. The van der Waals surface area contributed by atoms with Crippen molar-refractivity contribution in [2.24, 2.45) is 16.7 Å². The number of carbonyl (C=O) groups excluding carboxylic acids is 2. The van der Waals surface area contributed by atoms with Gasteiger partial charge in [-0.2, -0.15) is 0 Å². The van der Waals surface area contributed by atoms with Gasteiger partial charge in [0.2, 0.25) is 0 Å². The zero-order valence-corrected chi connectivity index (χ0v) is 14.0. The number of ether oxygens (including phenoxy) is 2. The largest absolute Gasteiger partial charge is 0.472 e. The zero-order valence-electron chi connectivity index (χ0n) is 14.0. The summed E-state index contributed by atoms with van der Waals surface area (Å²) in [7, 11) is 0. The van der Waals surface area contributed by atoms with Crippen LogP contribution in [0.15, 0.2) is 46.8 Å². The Hall–Kier alpha value is -2.30. The van der Waals surface area contributed by atoms with E-state index >= 15 is 0 Å². The van der Waals surface area contributed by atoms with Crippen molar-refractivity contribution in [2.45, 2.75) is 38.2 Å². The van der Waals surface area contributed by atoms with Crippen molar-refractivity contribution in [3.8, 4) is 0 Å². The number of furan rings is 1. The highest BCUT2D eigenvalue weighted by Gasteiger charge is 2.67. The van der Waals surface area contributed by atoms with Gasteiger partial charge in [-0.3, -0.25) is 4.79 Å². The molecule has 2 saturated heterocycles. The number of fused-ring (bicyclic) bond motifs is 1. The highest BCUT2D eigenvalue weighted by Crippen LogP contribution is 2.66. The van der Waals surface area contributed by atoms with E-state index < -0.39 is 5.41 Å². The molecule has 0 radical (unpaired) electrons. The number of allylic oxidation sites excluding steroid dienone is 1. The van der Waals surface area contributed by atoms with Crippen LogP contribution in [-0.4, -0.2) is 18.5 Å². The minimum absolute atomic E-state index is 0.0112. The Balaban J connectivity index is 1.61. The molecule has 1 aromatic heterocycles. The Morgan fingerprint density at radius 3 is 2.96 bits per heavy atom. The van der Waals surface area contributed by atoms with Gasteiger partial charge < -0.3 is 13.9 Å². The maximum absolute atomic E-state index is 13.1. The molecule has 4 atom stereocenters. The molecule has 5 rings (SSSR count). The van der Waals surface area contributed by atoms with Crippen molar-refractivity contribution in [1.29, 1.82) is 0 Å². The molecule has 3 heterocycles. The second kappa shape index (κ2) is 4.87. The summed E-state index contributed by atoms with van der Waals surface area (Å²) >= 11 is 0. The predicted molar refractivity (Wildman–Crippen MR) is 87.2 cm³/mol. The first kappa shape index (κ1) is 15.0. The highest BCUT2D eigenvalue weighted by atomic mass is 16.6. The van der Waals surface area contributed by atoms with Crippen LogP contribution in [-0.2, 0) is 19.1 Å². The summed E-state index contributed by atoms with van der Waals surface area (Å²) in [6.07, 6.45) is 8.67. The summed E-state index contributed by atoms with van der Waals surface area (Å²) in [6.45, 7) is 4.64. The van der Waals surface area contributed by atoms with Crippen molar-refractivity contribution in [3.05, 3.63) is 48.0 Å². The monoisotopic (exact) mass is 340 g/mol. The molecule has 2 aliphatic carbocycles. The van der Waals surface area contributed by atoms with E-state index in [-0.39, 0.29) is 29.4 Å². The summed E-state index contributed by atoms with van der Waals surface area (Å²) in [6, 6.07) is 1.84. The number of cyclic esters (lactones) is 2. The fourth-order valence-electron chi connectivity index (χ4n) is 5.61.